The lowest BCUT2D eigenvalue weighted by atomic mass is 10.0. The second-order valence-electron chi connectivity index (χ2n) is 4.19. The van der Waals surface area contributed by atoms with Gasteiger partial charge in [0, 0.05) is 12.6 Å². The maximum absolute atomic E-state index is 12.7. The zero-order valence-electron chi connectivity index (χ0n) is 9.59. The molecule has 100 valence electrons. The first-order chi connectivity index (χ1) is 8.44. The van der Waals surface area contributed by atoms with Gasteiger partial charge in [0.05, 0.1) is 5.69 Å². The third-order valence-corrected chi connectivity index (χ3v) is 4.46. The van der Waals surface area contributed by atoms with Gasteiger partial charge in [0.15, 0.2) is 0 Å². The van der Waals surface area contributed by atoms with Crippen molar-refractivity contribution < 1.29 is 17.2 Å². The Morgan fingerprint density at radius 3 is 2.67 bits per heavy atom. The van der Waals surface area contributed by atoms with Crippen molar-refractivity contribution in [2.75, 3.05) is 10.8 Å². The van der Waals surface area contributed by atoms with Crippen molar-refractivity contribution in [1.82, 2.24) is 0 Å². The molecule has 2 N–H and O–H groups in total. The fourth-order valence-corrected chi connectivity index (χ4v) is 3.14. The minimum atomic E-state index is -4.62. The summed E-state index contributed by atoms with van der Waals surface area (Å²) in [5, 5.41) is 0. The molecule has 2 rings (SSSR count). The summed E-state index contributed by atoms with van der Waals surface area (Å²) >= 11 is 0. The lowest BCUT2D eigenvalue weighted by Crippen LogP contribution is -2.36. The molecule has 0 aromatic heterocycles. The van der Waals surface area contributed by atoms with E-state index in [2.05, 4.69) is 0 Å². The third kappa shape index (κ3) is 2.20. The largest absolute Gasteiger partial charge is 0.355 e. The van der Waals surface area contributed by atoms with Gasteiger partial charge in [0.1, 0.15) is 0 Å². The Kier molecular flexibility index (Phi) is 3.54. The van der Waals surface area contributed by atoms with Gasteiger partial charge < -0.3 is 5.73 Å². The molecule has 0 radical (unpaired) electrons. The van der Waals surface area contributed by atoms with Crippen LogP contribution in [0.25, 0.3) is 0 Å². The number of nitrogens with zero attached hydrogens (tertiary/aromatic N) is 1. The van der Waals surface area contributed by atoms with Crippen LogP contribution in [0.2, 0.25) is 0 Å². The van der Waals surface area contributed by atoms with E-state index in [-0.39, 0.29) is 18.3 Å². The molecule has 7 heteroatoms. The predicted octanol–water partition coefficient (Wildman–Crippen LogP) is 1.84. The summed E-state index contributed by atoms with van der Waals surface area (Å²) in [7, 11) is -4.62. The van der Waals surface area contributed by atoms with Crippen molar-refractivity contribution in [1.29, 1.82) is 0 Å². The van der Waals surface area contributed by atoms with Gasteiger partial charge in [-0.15, -0.1) is 0 Å². The van der Waals surface area contributed by atoms with Gasteiger partial charge >= 0.3 is 5.76 Å². The van der Waals surface area contributed by atoms with Crippen LogP contribution in [-0.2, 0) is 10.0 Å². The molecule has 1 aromatic rings. The summed E-state index contributed by atoms with van der Waals surface area (Å²) in [6.07, 6.45) is 1.04. The first kappa shape index (κ1) is 13.2. The van der Waals surface area contributed by atoms with Crippen molar-refractivity contribution in [2.24, 2.45) is 5.73 Å². The molecule has 1 atom stereocenters. The van der Waals surface area contributed by atoms with Crippen molar-refractivity contribution in [3.63, 3.8) is 0 Å². The van der Waals surface area contributed by atoms with Crippen LogP contribution in [0.15, 0.2) is 24.3 Å². The van der Waals surface area contributed by atoms with Crippen LogP contribution in [0.5, 0.6) is 0 Å². The summed E-state index contributed by atoms with van der Waals surface area (Å²) in [6.45, 7) is 0.0391. The molecule has 0 saturated carbocycles. The molecule has 1 heterocycles. The smallest absolute Gasteiger partial charge is 0.324 e. The first-order valence-corrected chi connectivity index (χ1v) is 7.09. The van der Waals surface area contributed by atoms with Crippen molar-refractivity contribution in [3.8, 4) is 0 Å². The molecule has 0 saturated heterocycles. The number of nitrogens with two attached hydrogens (primary N) is 1. The Morgan fingerprint density at radius 1 is 1.33 bits per heavy atom. The average molecular weight is 276 g/mol. The van der Waals surface area contributed by atoms with E-state index in [0.717, 1.165) is 4.31 Å². The molecule has 18 heavy (non-hydrogen) atoms. The topological polar surface area (TPSA) is 63.4 Å². The fourth-order valence-electron chi connectivity index (χ4n) is 2.12. The lowest BCUT2D eigenvalue weighted by molar-refractivity contribution is 0.234. The predicted molar refractivity (Wildman–Crippen MR) is 64.9 cm³/mol. The summed E-state index contributed by atoms with van der Waals surface area (Å²) in [5.41, 5.74) is 6.78. The van der Waals surface area contributed by atoms with Crippen molar-refractivity contribution >= 4 is 15.7 Å². The number of alkyl halides is 2. The van der Waals surface area contributed by atoms with E-state index in [1.54, 1.807) is 18.2 Å². The summed E-state index contributed by atoms with van der Waals surface area (Å²) in [6, 6.07) is 6.21. The van der Waals surface area contributed by atoms with E-state index in [9.17, 15) is 17.2 Å². The molecule has 0 spiro atoms. The maximum Gasteiger partial charge on any atom is 0.355 e. The molecule has 0 fully saturated rings. The number of para-hydroxylation sites is 1. The highest BCUT2D eigenvalue weighted by molar-refractivity contribution is 7.93. The number of benzene rings is 1. The molecule has 0 bridgehead atoms. The van der Waals surface area contributed by atoms with E-state index in [1.807, 2.05) is 0 Å². The number of sulfonamides is 1. The van der Waals surface area contributed by atoms with Gasteiger partial charge in [-0.25, -0.2) is 8.42 Å². The molecule has 4 nitrogen and oxygen atoms in total. The number of hydrogen-bond acceptors (Lipinski definition) is 3. The van der Waals surface area contributed by atoms with Gasteiger partial charge in [-0.2, -0.15) is 8.78 Å². The standard InChI is InChI=1S/C11H14F2N2O2S/c12-11(13)18(16,17)15-7-3-5-9(14)8-4-1-2-6-10(8)15/h1-2,4,6,9,11H,3,5,7,14H2. The quantitative estimate of drug-likeness (QED) is 0.896. The number of hydrogen-bond donors (Lipinski definition) is 1. The van der Waals surface area contributed by atoms with E-state index in [4.69, 9.17) is 5.73 Å². The number of rotatable bonds is 2. The maximum atomic E-state index is 12.7. The minimum absolute atomic E-state index is 0.0391. The average Bonchev–Trinajstić information content (AvgIpc) is 2.49. The molecule has 1 aromatic carbocycles. The van der Waals surface area contributed by atoms with Crippen LogP contribution in [0.1, 0.15) is 24.4 Å². The summed E-state index contributed by atoms with van der Waals surface area (Å²) in [4.78, 5) is 0. The van der Waals surface area contributed by atoms with Crippen LogP contribution < -0.4 is 10.0 Å². The van der Waals surface area contributed by atoms with E-state index in [0.29, 0.717) is 18.4 Å². The van der Waals surface area contributed by atoms with Gasteiger partial charge in [0.2, 0.25) is 0 Å². The monoisotopic (exact) mass is 276 g/mol. The van der Waals surface area contributed by atoms with Crippen LogP contribution in [0.3, 0.4) is 0 Å². The molecule has 1 unspecified atom stereocenters. The molecule has 1 aliphatic rings. The number of fused-ring (bicyclic) bond motifs is 1. The number of anilines is 1. The van der Waals surface area contributed by atoms with Gasteiger partial charge in [-0.1, -0.05) is 18.2 Å². The molecule has 1 aliphatic heterocycles. The lowest BCUT2D eigenvalue weighted by Gasteiger charge is -2.24. The Hall–Kier alpha value is -1.21. The van der Waals surface area contributed by atoms with Gasteiger partial charge in [0.25, 0.3) is 10.0 Å². The first-order valence-electron chi connectivity index (χ1n) is 5.59. The van der Waals surface area contributed by atoms with E-state index >= 15 is 0 Å². The Morgan fingerprint density at radius 2 is 2.00 bits per heavy atom. The molecular weight excluding hydrogens is 262 g/mol. The zero-order chi connectivity index (χ0) is 13.3. The van der Waals surface area contributed by atoms with Crippen LogP contribution in [0, 0.1) is 0 Å². The molecular formula is C11H14F2N2O2S. The van der Waals surface area contributed by atoms with Crippen molar-refractivity contribution in [2.45, 2.75) is 24.6 Å². The molecule has 0 aliphatic carbocycles. The van der Waals surface area contributed by atoms with Crippen LogP contribution in [-0.4, -0.2) is 20.7 Å². The summed E-state index contributed by atoms with van der Waals surface area (Å²) in [5.74, 6) is -3.42. The fraction of sp³-hybridized carbons (Fsp3) is 0.455. The summed E-state index contributed by atoms with van der Waals surface area (Å²) < 4.78 is 49.4. The second kappa shape index (κ2) is 4.81. The van der Waals surface area contributed by atoms with Crippen LogP contribution >= 0.6 is 0 Å². The van der Waals surface area contributed by atoms with Gasteiger partial charge in [-0.3, -0.25) is 4.31 Å². The normalized spacial score (nSPS) is 20.7. The number of halogens is 2. The highest BCUT2D eigenvalue weighted by Gasteiger charge is 2.35. The Balaban J connectivity index is 2.54. The third-order valence-electron chi connectivity index (χ3n) is 3.01. The SMILES string of the molecule is NC1CCCN(S(=O)(=O)C(F)F)c2ccccc21. The highest BCUT2D eigenvalue weighted by atomic mass is 32.2. The Labute approximate surface area is 104 Å². The zero-order valence-corrected chi connectivity index (χ0v) is 10.4. The highest BCUT2D eigenvalue weighted by Crippen LogP contribution is 2.34. The minimum Gasteiger partial charge on any atom is -0.324 e. The second-order valence-corrected chi connectivity index (χ2v) is 6.01. The Bertz CT molecular complexity index is 534. The van der Waals surface area contributed by atoms with Gasteiger partial charge in [-0.05, 0) is 24.5 Å². The van der Waals surface area contributed by atoms with Crippen LogP contribution in [0.4, 0.5) is 14.5 Å². The molecule has 0 amide bonds. The van der Waals surface area contributed by atoms with E-state index in [1.165, 1.54) is 6.07 Å². The van der Waals surface area contributed by atoms with E-state index < -0.39 is 15.8 Å². The van der Waals surface area contributed by atoms with Crippen molar-refractivity contribution in [3.05, 3.63) is 29.8 Å².